The lowest BCUT2D eigenvalue weighted by molar-refractivity contribution is -0.129. The van der Waals surface area contributed by atoms with Crippen LogP contribution in [0, 0.1) is 12.8 Å². The van der Waals surface area contributed by atoms with Crippen LogP contribution in [0.2, 0.25) is 0 Å². The van der Waals surface area contributed by atoms with Gasteiger partial charge < -0.3 is 15.0 Å². The summed E-state index contributed by atoms with van der Waals surface area (Å²) in [4.78, 5) is 30.6. The molecule has 1 aliphatic heterocycles. The van der Waals surface area contributed by atoms with Crippen molar-refractivity contribution in [3.63, 3.8) is 0 Å². The third kappa shape index (κ3) is 5.56. The second kappa shape index (κ2) is 10.8. The fourth-order valence-electron chi connectivity index (χ4n) is 5.26. The van der Waals surface area contributed by atoms with Crippen molar-refractivity contribution in [3.05, 3.63) is 65.2 Å². The maximum atomic E-state index is 13.4. The number of nitrogens with one attached hydrogen (secondary N) is 1. The summed E-state index contributed by atoms with van der Waals surface area (Å²) in [6, 6.07) is 15.5. The van der Waals surface area contributed by atoms with Crippen molar-refractivity contribution in [2.45, 2.75) is 45.2 Å². The summed E-state index contributed by atoms with van der Waals surface area (Å²) in [7, 11) is 1.59. The Labute approximate surface area is 196 Å². The van der Waals surface area contributed by atoms with Crippen LogP contribution in [0.4, 0.5) is 0 Å². The van der Waals surface area contributed by atoms with Gasteiger partial charge in [-0.15, -0.1) is 0 Å². The molecule has 0 bridgehead atoms. The van der Waals surface area contributed by atoms with Crippen LogP contribution in [0.15, 0.2) is 48.5 Å². The molecule has 1 heterocycles. The molecule has 1 aliphatic carbocycles. The first-order chi connectivity index (χ1) is 16.1. The number of hydrogen-bond donors (Lipinski definition) is 1. The van der Waals surface area contributed by atoms with Crippen molar-refractivity contribution < 1.29 is 14.3 Å². The number of rotatable bonds is 7. The number of hydrogen-bond acceptors (Lipinski definition) is 4. The van der Waals surface area contributed by atoms with Crippen molar-refractivity contribution in [1.82, 2.24) is 15.1 Å². The second-order valence-corrected chi connectivity index (χ2v) is 9.22. The molecule has 1 atom stereocenters. The molecule has 2 aromatic rings. The average Bonchev–Trinajstić information content (AvgIpc) is 3.37. The summed E-state index contributed by atoms with van der Waals surface area (Å²) < 4.78 is 5.38. The molecule has 1 saturated heterocycles. The molecule has 6 nitrogen and oxygen atoms in total. The number of carbonyl (C=O) groups excluding carboxylic acids is 2. The van der Waals surface area contributed by atoms with E-state index in [0.29, 0.717) is 50.0 Å². The minimum absolute atomic E-state index is 0.00610. The fraction of sp³-hybridized carbons (Fsp3) is 0.481. The molecule has 0 unspecified atom stereocenters. The Bertz CT molecular complexity index is 963. The third-order valence-electron chi connectivity index (χ3n) is 7.00. The highest BCUT2D eigenvalue weighted by molar-refractivity contribution is 5.97. The standard InChI is InChI=1S/C27H35N3O3/c1-20-8-7-9-21(18-20)19-28-26(31)25(22-10-3-4-11-22)29-14-16-30(17-15-29)27(32)23-12-5-6-13-24(23)33-2/h5-9,12-13,18,22,25H,3-4,10-11,14-17,19H2,1-2H3,(H,28,31)/t25-/m0/s1. The van der Waals surface area contributed by atoms with Crippen molar-refractivity contribution in [1.29, 1.82) is 0 Å². The number of piperazine rings is 1. The smallest absolute Gasteiger partial charge is 0.257 e. The van der Waals surface area contributed by atoms with E-state index in [1.165, 1.54) is 18.4 Å². The molecule has 33 heavy (non-hydrogen) atoms. The van der Waals surface area contributed by atoms with E-state index in [-0.39, 0.29) is 17.9 Å². The molecule has 2 amide bonds. The molecule has 0 aromatic heterocycles. The van der Waals surface area contributed by atoms with E-state index in [0.717, 1.165) is 18.4 Å². The van der Waals surface area contributed by atoms with Crippen LogP contribution in [-0.2, 0) is 11.3 Å². The predicted molar refractivity (Wildman–Crippen MR) is 129 cm³/mol. The van der Waals surface area contributed by atoms with E-state index >= 15 is 0 Å². The Morgan fingerprint density at radius 3 is 2.45 bits per heavy atom. The summed E-state index contributed by atoms with van der Waals surface area (Å²) >= 11 is 0. The minimum Gasteiger partial charge on any atom is -0.496 e. The Morgan fingerprint density at radius 1 is 1.03 bits per heavy atom. The van der Waals surface area contributed by atoms with Gasteiger partial charge in [0, 0.05) is 32.7 Å². The highest BCUT2D eigenvalue weighted by Gasteiger charge is 2.37. The maximum Gasteiger partial charge on any atom is 0.257 e. The number of carbonyl (C=O) groups is 2. The van der Waals surface area contributed by atoms with Crippen LogP contribution in [0.25, 0.3) is 0 Å². The van der Waals surface area contributed by atoms with Gasteiger partial charge in [0.05, 0.1) is 18.7 Å². The van der Waals surface area contributed by atoms with Gasteiger partial charge in [-0.1, -0.05) is 54.8 Å². The van der Waals surface area contributed by atoms with Crippen molar-refractivity contribution in [2.75, 3.05) is 33.3 Å². The van der Waals surface area contributed by atoms with E-state index in [2.05, 4.69) is 35.3 Å². The molecule has 0 radical (unpaired) electrons. The van der Waals surface area contributed by atoms with E-state index in [1.54, 1.807) is 7.11 Å². The fourth-order valence-corrected chi connectivity index (χ4v) is 5.26. The summed E-state index contributed by atoms with van der Waals surface area (Å²) in [6.45, 7) is 5.27. The van der Waals surface area contributed by atoms with Gasteiger partial charge in [0.15, 0.2) is 0 Å². The zero-order chi connectivity index (χ0) is 23.2. The van der Waals surface area contributed by atoms with Crippen LogP contribution >= 0.6 is 0 Å². The molecule has 2 aliphatic rings. The van der Waals surface area contributed by atoms with Crippen molar-refractivity contribution in [3.8, 4) is 5.75 Å². The van der Waals surface area contributed by atoms with Gasteiger partial charge in [-0.3, -0.25) is 14.5 Å². The van der Waals surface area contributed by atoms with E-state index < -0.39 is 0 Å². The number of amides is 2. The zero-order valence-electron chi connectivity index (χ0n) is 19.8. The Kier molecular flexibility index (Phi) is 7.65. The quantitative estimate of drug-likeness (QED) is 0.701. The lowest BCUT2D eigenvalue weighted by Crippen LogP contribution is -2.57. The number of para-hydroxylation sites is 1. The lowest BCUT2D eigenvalue weighted by atomic mass is 9.94. The summed E-state index contributed by atoms with van der Waals surface area (Å²) in [6.07, 6.45) is 4.59. The molecule has 4 rings (SSSR count). The largest absolute Gasteiger partial charge is 0.496 e. The normalized spacial score (nSPS) is 18.2. The number of methoxy groups -OCH3 is 1. The first-order valence-electron chi connectivity index (χ1n) is 12.1. The Balaban J connectivity index is 1.40. The predicted octanol–water partition coefficient (Wildman–Crippen LogP) is 3.64. The van der Waals surface area contributed by atoms with Crippen LogP contribution in [0.1, 0.15) is 47.2 Å². The van der Waals surface area contributed by atoms with Crippen LogP contribution < -0.4 is 10.1 Å². The SMILES string of the molecule is COc1ccccc1C(=O)N1CCN([C@H](C(=O)NCc2cccc(C)c2)C2CCCC2)CC1. The first kappa shape index (κ1) is 23.3. The van der Waals surface area contributed by atoms with Crippen LogP contribution in [-0.4, -0.2) is 60.9 Å². The van der Waals surface area contributed by atoms with Crippen LogP contribution in [0.5, 0.6) is 5.75 Å². The Hall–Kier alpha value is -2.86. The number of aryl methyl sites for hydroxylation is 1. The van der Waals surface area contributed by atoms with Crippen molar-refractivity contribution >= 4 is 11.8 Å². The summed E-state index contributed by atoms with van der Waals surface area (Å²) in [5, 5.41) is 3.20. The number of ether oxygens (including phenoxy) is 1. The van der Waals surface area contributed by atoms with Gasteiger partial charge in [0.25, 0.3) is 5.91 Å². The minimum atomic E-state index is -0.124. The van der Waals surface area contributed by atoms with Gasteiger partial charge in [0.2, 0.25) is 5.91 Å². The van der Waals surface area contributed by atoms with E-state index in [1.807, 2.05) is 35.2 Å². The van der Waals surface area contributed by atoms with Gasteiger partial charge in [-0.05, 0) is 43.4 Å². The molecular formula is C27H35N3O3. The average molecular weight is 450 g/mol. The molecule has 1 saturated carbocycles. The molecule has 2 aromatic carbocycles. The van der Waals surface area contributed by atoms with E-state index in [9.17, 15) is 9.59 Å². The third-order valence-corrected chi connectivity index (χ3v) is 7.00. The maximum absolute atomic E-state index is 13.4. The highest BCUT2D eigenvalue weighted by atomic mass is 16.5. The molecule has 1 N–H and O–H groups in total. The van der Waals surface area contributed by atoms with Gasteiger partial charge in [0.1, 0.15) is 5.75 Å². The molecular weight excluding hydrogens is 414 g/mol. The molecule has 0 spiro atoms. The summed E-state index contributed by atoms with van der Waals surface area (Å²) in [5.74, 6) is 1.10. The van der Waals surface area contributed by atoms with Gasteiger partial charge >= 0.3 is 0 Å². The Morgan fingerprint density at radius 2 is 1.76 bits per heavy atom. The number of benzene rings is 2. The van der Waals surface area contributed by atoms with Gasteiger partial charge in [-0.2, -0.15) is 0 Å². The molecule has 2 fully saturated rings. The monoisotopic (exact) mass is 449 g/mol. The first-order valence-corrected chi connectivity index (χ1v) is 12.1. The summed E-state index contributed by atoms with van der Waals surface area (Å²) in [5.41, 5.74) is 2.92. The molecule has 6 heteroatoms. The number of nitrogens with zero attached hydrogens (tertiary/aromatic N) is 2. The van der Waals surface area contributed by atoms with Crippen LogP contribution in [0.3, 0.4) is 0 Å². The molecule has 176 valence electrons. The lowest BCUT2D eigenvalue weighted by Gasteiger charge is -2.40. The topological polar surface area (TPSA) is 61.9 Å². The van der Waals surface area contributed by atoms with Gasteiger partial charge in [-0.25, -0.2) is 0 Å². The van der Waals surface area contributed by atoms with E-state index in [4.69, 9.17) is 4.74 Å². The highest BCUT2D eigenvalue weighted by Crippen LogP contribution is 2.31. The van der Waals surface area contributed by atoms with Crippen molar-refractivity contribution in [2.24, 2.45) is 5.92 Å². The second-order valence-electron chi connectivity index (χ2n) is 9.22. The zero-order valence-corrected chi connectivity index (χ0v) is 19.8.